The van der Waals surface area contributed by atoms with Crippen molar-refractivity contribution in [3.8, 4) is 23.0 Å². The van der Waals surface area contributed by atoms with Crippen molar-refractivity contribution >= 4 is 30.7 Å². The second-order valence-corrected chi connectivity index (χ2v) is 12.9. The first kappa shape index (κ1) is 25.7. The van der Waals surface area contributed by atoms with Crippen LogP contribution in [0.1, 0.15) is 56.3 Å². The Morgan fingerprint density at radius 3 is 1.97 bits per heavy atom. The van der Waals surface area contributed by atoms with E-state index in [1.165, 1.54) is 0 Å². The first-order chi connectivity index (χ1) is 15.9. The second kappa shape index (κ2) is 9.74. The van der Waals surface area contributed by atoms with Crippen molar-refractivity contribution in [2.24, 2.45) is 0 Å². The van der Waals surface area contributed by atoms with Crippen LogP contribution >= 0.6 is 0 Å². The molecule has 0 amide bonds. The summed E-state index contributed by atoms with van der Waals surface area (Å²) in [4.78, 5) is 14.2. The quantitative estimate of drug-likeness (QED) is 0.312. The van der Waals surface area contributed by atoms with E-state index in [0.717, 1.165) is 10.6 Å². The molecule has 0 fully saturated rings. The van der Waals surface area contributed by atoms with E-state index >= 15 is 0 Å². The molecule has 0 atom stereocenters. The molecule has 0 saturated heterocycles. The van der Waals surface area contributed by atoms with Gasteiger partial charge in [0.15, 0.2) is 17.1 Å². The van der Waals surface area contributed by atoms with Crippen LogP contribution < -0.4 is 24.1 Å². The van der Waals surface area contributed by atoms with Gasteiger partial charge in [-0.1, -0.05) is 33.9 Å². The summed E-state index contributed by atoms with van der Waals surface area (Å²) in [5.41, 5.74) is 1.17. The number of carbonyl (C=O) groups is 1. The van der Waals surface area contributed by atoms with Crippen LogP contribution in [0.2, 0.25) is 13.1 Å². The number of hydrogen-bond donors (Lipinski definition) is 0. The zero-order valence-corrected chi connectivity index (χ0v) is 23.1. The van der Waals surface area contributed by atoms with Crippen molar-refractivity contribution in [3.05, 3.63) is 41.2 Å². The van der Waals surface area contributed by atoms with Crippen LogP contribution in [0.15, 0.2) is 28.7 Å². The number of ketones is 1. The number of methoxy groups -OCH3 is 3. The monoisotopic (exact) mass is 484 g/mol. The maximum Gasteiger partial charge on any atom is 0.205 e. The fourth-order valence-electron chi connectivity index (χ4n) is 4.04. The Labute approximate surface area is 203 Å². The summed E-state index contributed by atoms with van der Waals surface area (Å²) in [6, 6.07) is 7.23. The van der Waals surface area contributed by atoms with Gasteiger partial charge in [-0.25, -0.2) is 0 Å². The van der Waals surface area contributed by atoms with Gasteiger partial charge in [-0.2, -0.15) is 0 Å². The summed E-state index contributed by atoms with van der Waals surface area (Å²) in [6.45, 7) is 14.5. The van der Waals surface area contributed by atoms with E-state index in [4.69, 9.17) is 23.4 Å². The molecule has 0 spiro atoms. The third kappa shape index (κ3) is 4.80. The summed E-state index contributed by atoms with van der Waals surface area (Å²) in [7, 11) is 3.36. The molecular weight excluding hydrogens is 448 g/mol. The van der Waals surface area contributed by atoms with E-state index in [1.54, 1.807) is 39.5 Å². The Balaban J connectivity index is 2.47. The zero-order chi connectivity index (χ0) is 25.4. The third-order valence-corrected chi connectivity index (χ3v) is 7.33. The van der Waals surface area contributed by atoms with Gasteiger partial charge in [0, 0.05) is 22.4 Å². The molecule has 0 aliphatic carbocycles. The Kier molecular flexibility index (Phi) is 7.36. The largest absolute Gasteiger partial charge is 0.497 e. The summed E-state index contributed by atoms with van der Waals surface area (Å²) in [5, 5.41) is 1.91. The molecule has 2 aromatic carbocycles. The van der Waals surface area contributed by atoms with Gasteiger partial charge in [-0.15, -0.1) is 0 Å². The van der Waals surface area contributed by atoms with Gasteiger partial charge in [-0.3, -0.25) is 4.79 Å². The van der Waals surface area contributed by atoms with Crippen molar-refractivity contribution in [1.82, 2.24) is 0 Å². The average molecular weight is 485 g/mol. The molecule has 0 unspecified atom stereocenters. The van der Waals surface area contributed by atoms with Crippen LogP contribution in [0.5, 0.6) is 23.0 Å². The van der Waals surface area contributed by atoms with Gasteiger partial charge in [0.1, 0.15) is 17.3 Å². The smallest absolute Gasteiger partial charge is 0.205 e. The summed E-state index contributed by atoms with van der Waals surface area (Å²) >= 11 is 0. The van der Waals surface area contributed by atoms with Crippen molar-refractivity contribution in [3.63, 3.8) is 0 Å². The fourth-order valence-corrected chi connectivity index (χ4v) is 5.38. The molecule has 0 aliphatic rings. The molecule has 0 aliphatic heterocycles. The standard InChI is InChI=1S/C27H36O6Si/c1-15(2)32-24-19(31-8)14-20(34(9)10)21-22(26(27(3,4)5)33-25(21)24)23(28)16-11-17(29-6)13-18(12-16)30-7/h11-15,34H,1-10H3. The van der Waals surface area contributed by atoms with Gasteiger partial charge in [0.05, 0.1) is 41.8 Å². The first-order valence-electron chi connectivity index (χ1n) is 11.5. The van der Waals surface area contributed by atoms with Crippen LogP contribution in [0.25, 0.3) is 11.0 Å². The summed E-state index contributed by atoms with van der Waals surface area (Å²) in [6.07, 6.45) is -0.0933. The Morgan fingerprint density at radius 2 is 1.53 bits per heavy atom. The molecular formula is C27H36O6Si. The predicted octanol–water partition coefficient (Wildman–Crippen LogP) is 5.47. The molecule has 1 heterocycles. The van der Waals surface area contributed by atoms with Crippen molar-refractivity contribution < 1.29 is 28.2 Å². The molecule has 184 valence electrons. The highest BCUT2D eigenvalue weighted by atomic mass is 28.3. The lowest BCUT2D eigenvalue weighted by molar-refractivity contribution is 0.103. The maximum absolute atomic E-state index is 14.2. The van der Waals surface area contributed by atoms with Crippen molar-refractivity contribution in [2.45, 2.75) is 59.2 Å². The molecule has 0 saturated carbocycles. The first-order valence-corrected chi connectivity index (χ1v) is 14.4. The van der Waals surface area contributed by atoms with E-state index in [1.807, 2.05) is 40.7 Å². The lowest BCUT2D eigenvalue weighted by atomic mass is 9.87. The van der Waals surface area contributed by atoms with E-state index < -0.39 is 14.2 Å². The average Bonchev–Trinajstić information content (AvgIpc) is 3.19. The number of ether oxygens (including phenoxy) is 4. The van der Waals surface area contributed by atoms with Gasteiger partial charge in [0.2, 0.25) is 5.75 Å². The topological polar surface area (TPSA) is 67.1 Å². The third-order valence-electron chi connectivity index (χ3n) is 5.63. The Bertz CT molecular complexity index is 1180. The highest BCUT2D eigenvalue weighted by Crippen LogP contribution is 2.43. The van der Waals surface area contributed by atoms with Crippen molar-refractivity contribution in [1.29, 1.82) is 0 Å². The molecule has 3 rings (SSSR count). The number of hydrogen-bond acceptors (Lipinski definition) is 6. The molecule has 0 radical (unpaired) electrons. The van der Waals surface area contributed by atoms with Crippen LogP contribution in [-0.4, -0.2) is 42.0 Å². The Hall–Kier alpha value is -2.93. The molecule has 3 aromatic rings. The minimum atomic E-state index is -1.41. The highest BCUT2D eigenvalue weighted by Gasteiger charge is 2.34. The molecule has 6 nitrogen and oxygen atoms in total. The van der Waals surface area contributed by atoms with Gasteiger partial charge in [-0.05, 0) is 37.2 Å². The number of furan rings is 1. The minimum Gasteiger partial charge on any atom is -0.497 e. The fraction of sp³-hybridized carbons (Fsp3) is 0.444. The lowest BCUT2D eigenvalue weighted by Crippen LogP contribution is -2.26. The van der Waals surface area contributed by atoms with E-state index in [0.29, 0.717) is 45.5 Å². The summed E-state index contributed by atoms with van der Waals surface area (Å²) < 4.78 is 29.2. The minimum absolute atomic E-state index is 0.0933. The van der Waals surface area contributed by atoms with Crippen LogP contribution in [-0.2, 0) is 5.41 Å². The molecule has 7 heteroatoms. The van der Waals surface area contributed by atoms with Crippen LogP contribution in [0, 0.1) is 0 Å². The lowest BCUT2D eigenvalue weighted by Gasteiger charge is -2.18. The van der Waals surface area contributed by atoms with Crippen LogP contribution in [0.4, 0.5) is 0 Å². The van der Waals surface area contributed by atoms with Gasteiger partial charge >= 0.3 is 0 Å². The molecule has 0 bridgehead atoms. The number of fused-ring (bicyclic) bond motifs is 1. The molecule has 0 N–H and O–H groups in total. The van der Waals surface area contributed by atoms with E-state index in [9.17, 15) is 4.79 Å². The van der Waals surface area contributed by atoms with E-state index in [-0.39, 0.29) is 11.9 Å². The normalized spacial score (nSPS) is 11.9. The van der Waals surface area contributed by atoms with Crippen molar-refractivity contribution in [2.75, 3.05) is 21.3 Å². The molecule has 34 heavy (non-hydrogen) atoms. The Morgan fingerprint density at radius 1 is 0.941 bits per heavy atom. The SMILES string of the molecule is COc1cc(OC)cc(C(=O)c2c(C(C)(C)C)oc3c(OC(C)C)c(OC)cc([SiH](C)C)c23)c1. The van der Waals surface area contributed by atoms with Gasteiger partial charge < -0.3 is 23.4 Å². The number of carbonyl (C=O) groups excluding carboxylic acids is 1. The molecule has 1 aromatic heterocycles. The zero-order valence-electron chi connectivity index (χ0n) is 21.9. The van der Waals surface area contributed by atoms with Crippen LogP contribution in [0.3, 0.4) is 0 Å². The highest BCUT2D eigenvalue weighted by molar-refractivity contribution is 6.73. The summed E-state index contributed by atoms with van der Waals surface area (Å²) in [5.74, 6) is 2.73. The van der Waals surface area contributed by atoms with Gasteiger partial charge in [0.25, 0.3) is 0 Å². The van der Waals surface area contributed by atoms with E-state index in [2.05, 4.69) is 13.1 Å². The number of rotatable bonds is 8. The number of benzene rings is 2. The second-order valence-electron chi connectivity index (χ2n) is 10.0. The maximum atomic E-state index is 14.2. The predicted molar refractivity (Wildman–Crippen MR) is 139 cm³/mol.